The number of aromatic nitrogens is 2. The van der Waals surface area contributed by atoms with Crippen molar-refractivity contribution in [3.63, 3.8) is 0 Å². The van der Waals surface area contributed by atoms with Gasteiger partial charge < -0.3 is 4.57 Å². The van der Waals surface area contributed by atoms with Gasteiger partial charge in [0.2, 0.25) is 0 Å². The molecule has 0 amide bonds. The van der Waals surface area contributed by atoms with E-state index in [1.165, 1.54) is 43.2 Å². The summed E-state index contributed by atoms with van der Waals surface area (Å²) in [4.78, 5) is 14.9. The molecule has 3 nitrogen and oxygen atoms in total. The van der Waals surface area contributed by atoms with Crippen LogP contribution in [-0.4, -0.2) is 15.8 Å². The SMILES string of the molecule is O=Cc1cncn1Cc1ccc(C2CCCCC2)cc1. The number of nitrogens with zero attached hydrogens (tertiary/aromatic N) is 2. The summed E-state index contributed by atoms with van der Waals surface area (Å²) < 4.78 is 1.88. The third-order valence-electron chi connectivity index (χ3n) is 4.27. The first-order valence-corrected chi connectivity index (χ1v) is 7.41. The van der Waals surface area contributed by atoms with Gasteiger partial charge >= 0.3 is 0 Å². The van der Waals surface area contributed by atoms with Crippen molar-refractivity contribution in [2.24, 2.45) is 0 Å². The van der Waals surface area contributed by atoms with Gasteiger partial charge in [0.05, 0.1) is 12.5 Å². The minimum absolute atomic E-state index is 0.626. The van der Waals surface area contributed by atoms with Gasteiger partial charge in [-0.1, -0.05) is 43.5 Å². The van der Waals surface area contributed by atoms with Crippen LogP contribution in [0.3, 0.4) is 0 Å². The Hall–Kier alpha value is -1.90. The first-order valence-electron chi connectivity index (χ1n) is 7.41. The van der Waals surface area contributed by atoms with Crippen LogP contribution < -0.4 is 0 Å². The number of aldehydes is 1. The number of benzene rings is 1. The highest BCUT2D eigenvalue weighted by Crippen LogP contribution is 2.32. The molecule has 1 aromatic carbocycles. The van der Waals surface area contributed by atoms with Gasteiger partial charge in [0.15, 0.2) is 6.29 Å². The Balaban J connectivity index is 1.71. The maximum Gasteiger partial charge on any atom is 0.168 e. The fourth-order valence-corrected chi connectivity index (χ4v) is 3.09. The van der Waals surface area contributed by atoms with Gasteiger partial charge in [-0.2, -0.15) is 0 Å². The van der Waals surface area contributed by atoms with Crippen molar-refractivity contribution in [2.75, 3.05) is 0 Å². The second-order valence-electron chi connectivity index (χ2n) is 5.64. The fourth-order valence-electron chi connectivity index (χ4n) is 3.09. The van der Waals surface area contributed by atoms with E-state index >= 15 is 0 Å². The van der Waals surface area contributed by atoms with Crippen LogP contribution in [0.15, 0.2) is 36.8 Å². The van der Waals surface area contributed by atoms with Crippen LogP contribution in [0.1, 0.15) is 59.6 Å². The van der Waals surface area contributed by atoms with Gasteiger partial charge in [0.1, 0.15) is 5.69 Å². The van der Waals surface area contributed by atoms with Gasteiger partial charge in [0.25, 0.3) is 0 Å². The van der Waals surface area contributed by atoms with E-state index in [9.17, 15) is 4.79 Å². The molecule has 20 heavy (non-hydrogen) atoms. The zero-order valence-corrected chi connectivity index (χ0v) is 11.7. The average molecular weight is 268 g/mol. The fraction of sp³-hybridized carbons (Fsp3) is 0.412. The van der Waals surface area contributed by atoms with E-state index in [1.54, 1.807) is 12.5 Å². The Morgan fingerprint density at radius 2 is 1.90 bits per heavy atom. The molecule has 0 spiro atoms. The van der Waals surface area contributed by atoms with Crippen molar-refractivity contribution in [2.45, 2.75) is 44.6 Å². The minimum atomic E-state index is 0.626. The lowest BCUT2D eigenvalue weighted by Gasteiger charge is -2.22. The molecule has 1 fully saturated rings. The lowest BCUT2D eigenvalue weighted by Crippen LogP contribution is -2.05. The van der Waals surface area contributed by atoms with E-state index in [4.69, 9.17) is 0 Å². The Labute approximate surface area is 119 Å². The van der Waals surface area contributed by atoms with Crippen LogP contribution in [0.4, 0.5) is 0 Å². The first kappa shape index (κ1) is 13.1. The first-order chi connectivity index (χ1) is 9.86. The molecule has 0 unspecified atom stereocenters. The van der Waals surface area contributed by atoms with Crippen LogP contribution in [0.25, 0.3) is 0 Å². The van der Waals surface area contributed by atoms with E-state index < -0.39 is 0 Å². The predicted octanol–water partition coefficient (Wildman–Crippen LogP) is 3.79. The van der Waals surface area contributed by atoms with Gasteiger partial charge in [-0.25, -0.2) is 4.98 Å². The summed E-state index contributed by atoms with van der Waals surface area (Å²) in [6, 6.07) is 8.86. The van der Waals surface area contributed by atoms with Crippen LogP contribution in [0, 0.1) is 0 Å². The molecule has 0 N–H and O–H groups in total. The summed E-state index contributed by atoms with van der Waals surface area (Å²) in [6.45, 7) is 0.707. The Kier molecular flexibility index (Phi) is 3.95. The van der Waals surface area contributed by atoms with Crippen molar-refractivity contribution in [1.82, 2.24) is 9.55 Å². The second kappa shape index (κ2) is 6.04. The summed E-state index contributed by atoms with van der Waals surface area (Å²) in [5.74, 6) is 0.747. The van der Waals surface area contributed by atoms with Gasteiger partial charge in [-0.05, 0) is 29.9 Å². The van der Waals surface area contributed by atoms with E-state index in [2.05, 4.69) is 29.2 Å². The Morgan fingerprint density at radius 3 is 2.60 bits per heavy atom. The summed E-state index contributed by atoms with van der Waals surface area (Å²) >= 11 is 0. The molecule has 1 saturated carbocycles. The highest BCUT2D eigenvalue weighted by Gasteiger charge is 2.15. The number of carbonyl (C=O) groups is 1. The summed E-state index contributed by atoms with van der Waals surface area (Å²) in [7, 11) is 0. The van der Waals surface area contributed by atoms with E-state index in [-0.39, 0.29) is 0 Å². The minimum Gasteiger partial charge on any atom is -0.324 e. The summed E-state index contributed by atoms with van der Waals surface area (Å²) in [5, 5.41) is 0. The molecule has 1 aliphatic carbocycles. The predicted molar refractivity (Wildman–Crippen MR) is 79.0 cm³/mol. The molecule has 1 heterocycles. The molecule has 0 radical (unpaired) electrons. The average Bonchev–Trinajstić information content (AvgIpc) is 2.96. The second-order valence-corrected chi connectivity index (χ2v) is 5.64. The van der Waals surface area contributed by atoms with E-state index in [1.807, 2.05) is 4.57 Å². The number of carbonyl (C=O) groups excluding carboxylic acids is 1. The molecule has 0 bridgehead atoms. The number of hydrogen-bond donors (Lipinski definition) is 0. The molecule has 0 saturated heterocycles. The van der Waals surface area contributed by atoms with Crippen molar-refractivity contribution in [3.8, 4) is 0 Å². The van der Waals surface area contributed by atoms with E-state index in [0.717, 1.165) is 12.2 Å². The topological polar surface area (TPSA) is 34.9 Å². The molecule has 104 valence electrons. The lowest BCUT2D eigenvalue weighted by molar-refractivity contribution is 0.111. The third kappa shape index (κ3) is 2.82. The number of rotatable bonds is 4. The normalized spacial score (nSPS) is 16.2. The zero-order valence-electron chi connectivity index (χ0n) is 11.7. The molecule has 1 aromatic heterocycles. The molecule has 1 aliphatic rings. The van der Waals surface area contributed by atoms with Crippen LogP contribution in [0.2, 0.25) is 0 Å². The molecule has 0 aliphatic heterocycles. The molecule has 2 aromatic rings. The Morgan fingerprint density at radius 1 is 1.15 bits per heavy atom. The zero-order chi connectivity index (χ0) is 13.8. The molecular formula is C17H20N2O. The van der Waals surface area contributed by atoms with Gasteiger partial charge in [0, 0.05) is 6.54 Å². The van der Waals surface area contributed by atoms with Crippen molar-refractivity contribution in [1.29, 1.82) is 0 Å². The van der Waals surface area contributed by atoms with Crippen LogP contribution in [-0.2, 0) is 6.54 Å². The highest BCUT2D eigenvalue weighted by atomic mass is 16.1. The van der Waals surface area contributed by atoms with Crippen molar-refractivity contribution in [3.05, 3.63) is 53.6 Å². The third-order valence-corrected chi connectivity index (χ3v) is 4.27. The molecular weight excluding hydrogens is 248 g/mol. The van der Waals surface area contributed by atoms with Crippen molar-refractivity contribution >= 4 is 6.29 Å². The molecule has 0 atom stereocenters. The summed E-state index contributed by atoms with van der Waals surface area (Å²) in [5.41, 5.74) is 3.31. The van der Waals surface area contributed by atoms with Crippen molar-refractivity contribution < 1.29 is 4.79 Å². The quantitative estimate of drug-likeness (QED) is 0.791. The largest absolute Gasteiger partial charge is 0.324 e. The Bertz CT molecular complexity index is 565. The number of imidazole rings is 1. The van der Waals surface area contributed by atoms with Gasteiger partial charge in [-0.15, -0.1) is 0 Å². The van der Waals surface area contributed by atoms with Crippen LogP contribution >= 0.6 is 0 Å². The maximum absolute atomic E-state index is 10.9. The van der Waals surface area contributed by atoms with Gasteiger partial charge in [-0.3, -0.25) is 4.79 Å². The molecule has 3 rings (SSSR count). The lowest BCUT2D eigenvalue weighted by atomic mass is 9.84. The number of hydrogen-bond acceptors (Lipinski definition) is 2. The maximum atomic E-state index is 10.9. The smallest absolute Gasteiger partial charge is 0.168 e. The van der Waals surface area contributed by atoms with E-state index in [0.29, 0.717) is 12.2 Å². The highest BCUT2D eigenvalue weighted by molar-refractivity contribution is 5.71. The standard InChI is InChI=1S/C17H20N2O/c20-12-17-10-18-13-19(17)11-14-6-8-16(9-7-14)15-4-2-1-3-5-15/h6-10,12-13,15H,1-5,11H2. The monoisotopic (exact) mass is 268 g/mol. The van der Waals surface area contributed by atoms with Crippen LogP contribution in [0.5, 0.6) is 0 Å². The molecule has 3 heteroatoms. The summed E-state index contributed by atoms with van der Waals surface area (Å²) in [6.07, 6.45) is 10.9.